The smallest absolute Gasteiger partial charge is 0.313 e. The zero-order chi connectivity index (χ0) is 15.9. The topological polar surface area (TPSA) is 76.5 Å². The van der Waals surface area contributed by atoms with Gasteiger partial charge in [-0.3, -0.25) is 14.6 Å². The molecule has 1 N–H and O–H groups in total. The van der Waals surface area contributed by atoms with Gasteiger partial charge in [-0.15, -0.1) is 0 Å². The Balaban J connectivity index is 2.65. The maximum absolute atomic E-state index is 11.9. The normalized spacial score (nSPS) is 13.8. The number of pyridine rings is 1. The second-order valence-corrected chi connectivity index (χ2v) is 5.55. The summed E-state index contributed by atoms with van der Waals surface area (Å²) in [5.41, 5.74) is -0.264. The molecular formula is C16H23NO4. The monoisotopic (exact) mass is 293 g/mol. The van der Waals surface area contributed by atoms with E-state index in [9.17, 15) is 14.7 Å². The molecule has 0 spiro atoms. The fraction of sp³-hybridized carbons (Fsp3) is 0.562. The van der Waals surface area contributed by atoms with Gasteiger partial charge >= 0.3 is 5.97 Å². The van der Waals surface area contributed by atoms with E-state index in [1.807, 2.05) is 32.0 Å². The number of ether oxygens (including phenoxy) is 1. The molecule has 0 aromatic carbocycles. The van der Waals surface area contributed by atoms with Gasteiger partial charge < -0.3 is 9.84 Å². The number of hydrogen-bond donors (Lipinski definition) is 1. The number of Topliss-reactive ketones (excluding diaryl/α,β-unsaturated/α-hetero) is 1. The van der Waals surface area contributed by atoms with Gasteiger partial charge in [0, 0.05) is 18.3 Å². The van der Waals surface area contributed by atoms with Crippen LogP contribution in [0.2, 0.25) is 0 Å². The Hall–Kier alpha value is -1.75. The lowest BCUT2D eigenvalue weighted by Crippen LogP contribution is -2.38. The van der Waals surface area contributed by atoms with Gasteiger partial charge in [0.15, 0.2) is 0 Å². The summed E-state index contributed by atoms with van der Waals surface area (Å²) in [5.74, 6) is -0.974. The molecule has 1 aromatic heterocycles. The van der Waals surface area contributed by atoms with Crippen LogP contribution in [0.3, 0.4) is 0 Å². The lowest BCUT2D eigenvalue weighted by atomic mass is 9.81. The van der Waals surface area contributed by atoms with E-state index in [1.54, 1.807) is 6.20 Å². The minimum absolute atomic E-state index is 0.0490. The molecule has 5 heteroatoms. The molecular weight excluding hydrogens is 270 g/mol. The summed E-state index contributed by atoms with van der Waals surface area (Å²) in [5, 5.41) is 10.7. The predicted molar refractivity (Wildman–Crippen MR) is 78.6 cm³/mol. The first-order valence-corrected chi connectivity index (χ1v) is 7.08. The predicted octanol–water partition coefficient (Wildman–Crippen LogP) is 1.92. The average Bonchev–Trinajstić information content (AvgIpc) is 2.45. The zero-order valence-corrected chi connectivity index (χ0v) is 12.8. The highest BCUT2D eigenvalue weighted by molar-refractivity contribution is 5.95. The first-order valence-electron chi connectivity index (χ1n) is 7.08. The first-order chi connectivity index (χ1) is 9.87. The van der Waals surface area contributed by atoms with Crippen LogP contribution >= 0.6 is 0 Å². The van der Waals surface area contributed by atoms with Crippen molar-refractivity contribution in [1.82, 2.24) is 4.98 Å². The van der Waals surface area contributed by atoms with Crippen molar-refractivity contribution >= 4 is 11.8 Å². The molecule has 1 unspecified atom stereocenters. The number of ketones is 1. The summed E-state index contributed by atoms with van der Waals surface area (Å²) in [6.07, 6.45) is 2.36. The van der Waals surface area contributed by atoms with Crippen molar-refractivity contribution < 1.29 is 19.4 Å². The highest BCUT2D eigenvalue weighted by Crippen LogP contribution is 2.27. The highest BCUT2D eigenvalue weighted by atomic mass is 16.5. The third kappa shape index (κ3) is 5.63. The summed E-state index contributed by atoms with van der Waals surface area (Å²) < 4.78 is 4.47. The molecule has 1 heterocycles. The number of carbonyl (C=O) groups excluding carboxylic acids is 2. The molecule has 0 saturated carbocycles. The Bertz CT molecular complexity index is 472. The van der Waals surface area contributed by atoms with Gasteiger partial charge in [-0.2, -0.15) is 0 Å². The van der Waals surface area contributed by atoms with Crippen LogP contribution in [-0.4, -0.2) is 34.6 Å². The summed E-state index contributed by atoms with van der Waals surface area (Å²) >= 11 is 0. The van der Waals surface area contributed by atoms with Crippen LogP contribution in [0.15, 0.2) is 24.4 Å². The van der Waals surface area contributed by atoms with Gasteiger partial charge in [-0.05, 0) is 30.9 Å². The quantitative estimate of drug-likeness (QED) is 0.585. The Morgan fingerprint density at radius 2 is 2.10 bits per heavy atom. The summed E-state index contributed by atoms with van der Waals surface area (Å²) in [6, 6.07) is 5.61. The van der Waals surface area contributed by atoms with E-state index in [2.05, 4.69) is 9.72 Å². The van der Waals surface area contributed by atoms with E-state index < -0.39 is 11.6 Å². The molecule has 0 fully saturated rings. The fourth-order valence-electron chi connectivity index (χ4n) is 2.11. The molecule has 0 aliphatic heterocycles. The minimum atomic E-state index is -1.14. The summed E-state index contributed by atoms with van der Waals surface area (Å²) in [6.45, 7) is 3.73. The molecule has 0 bridgehead atoms. The molecule has 21 heavy (non-hydrogen) atoms. The molecule has 116 valence electrons. The van der Waals surface area contributed by atoms with E-state index in [1.165, 1.54) is 7.11 Å². The summed E-state index contributed by atoms with van der Waals surface area (Å²) in [7, 11) is 1.24. The number of aromatic nitrogens is 1. The molecule has 1 aromatic rings. The van der Waals surface area contributed by atoms with Gasteiger partial charge in [0.05, 0.1) is 12.7 Å². The number of aryl methyl sites for hydroxylation is 1. The number of esters is 1. The van der Waals surface area contributed by atoms with Gasteiger partial charge in [-0.1, -0.05) is 19.9 Å². The largest absolute Gasteiger partial charge is 0.469 e. The van der Waals surface area contributed by atoms with E-state index >= 15 is 0 Å². The third-order valence-corrected chi connectivity index (χ3v) is 3.69. The van der Waals surface area contributed by atoms with E-state index in [0.717, 1.165) is 5.69 Å². The zero-order valence-electron chi connectivity index (χ0n) is 12.8. The van der Waals surface area contributed by atoms with Crippen molar-refractivity contribution in [2.24, 2.45) is 5.92 Å². The first kappa shape index (κ1) is 17.3. The van der Waals surface area contributed by atoms with Crippen molar-refractivity contribution in [2.75, 3.05) is 7.11 Å². The Kier molecular flexibility index (Phi) is 6.49. The fourth-order valence-corrected chi connectivity index (χ4v) is 2.11. The molecule has 1 rings (SSSR count). The molecule has 0 saturated heterocycles. The lowest BCUT2D eigenvalue weighted by molar-refractivity contribution is -0.144. The van der Waals surface area contributed by atoms with E-state index in [4.69, 9.17) is 0 Å². The molecule has 1 atom stereocenters. The minimum Gasteiger partial charge on any atom is -0.469 e. The second kappa shape index (κ2) is 7.88. The van der Waals surface area contributed by atoms with Gasteiger partial charge in [0.25, 0.3) is 0 Å². The van der Waals surface area contributed by atoms with Gasteiger partial charge in [0.2, 0.25) is 0 Å². The molecule has 0 radical (unpaired) electrons. The van der Waals surface area contributed by atoms with Crippen molar-refractivity contribution in [3.63, 3.8) is 0 Å². The maximum atomic E-state index is 11.9. The Morgan fingerprint density at radius 3 is 2.62 bits per heavy atom. The Labute approximate surface area is 125 Å². The van der Waals surface area contributed by atoms with Crippen LogP contribution < -0.4 is 0 Å². The maximum Gasteiger partial charge on any atom is 0.313 e. The standard InChI is InChI=1S/C16H23NO4/c1-12(2)16(20,11-14(18)10-15(19)21-3)8-7-13-6-4-5-9-17-13/h4-6,9,12,20H,7-8,10-11H2,1-3H3. The van der Waals surface area contributed by atoms with Gasteiger partial charge in [-0.25, -0.2) is 0 Å². The molecule has 0 aliphatic rings. The number of carbonyl (C=O) groups is 2. The Morgan fingerprint density at radius 1 is 1.38 bits per heavy atom. The average molecular weight is 293 g/mol. The number of methoxy groups -OCH3 is 1. The van der Waals surface area contributed by atoms with Crippen LogP contribution in [-0.2, 0) is 20.7 Å². The third-order valence-electron chi connectivity index (χ3n) is 3.69. The molecule has 5 nitrogen and oxygen atoms in total. The number of rotatable bonds is 8. The van der Waals surface area contributed by atoms with Crippen LogP contribution in [0.4, 0.5) is 0 Å². The van der Waals surface area contributed by atoms with E-state index in [0.29, 0.717) is 12.8 Å². The summed E-state index contributed by atoms with van der Waals surface area (Å²) in [4.78, 5) is 27.2. The van der Waals surface area contributed by atoms with Gasteiger partial charge in [0.1, 0.15) is 12.2 Å². The highest BCUT2D eigenvalue weighted by Gasteiger charge is 2.33. The van der Waals surface area contributed by atoms with Crippen LogP contribution in [0.5, 0.6) is 0 Å². The van der Waals surface area contributed by atoms with Crippen molar-refractivity contribution in [1.29, 1.82) is 0 Å². The number of nitrogens with zero attached hydrogens (tertiary/aromatic N) is 1. The molecule has 0 aliphatic carbocycles. The van der Waals surface area contributed by atoms with Crippen LogP contribution in [0.1, 0.15) is 38.8 Å². The number of aliphatic hydroxyl groups is 1. The van der Waals surface area contributed by atoms with Crippen molar-refractivity contribution in [3.05, 3.63) is 30.1 Å². The van der Waals surface area contributed by atoms with E-state index in [-0.39, 0.29) is 24.5 Å². The molecule has 0 amide bonds. The van der Waals surface area contributed by atoms with Crippen molar-refractivity contribution in [3.8, 4) is 0 Å². The number of hydrogen-bond acceptors (Lipinski definition) is 5. The van der Waals surface area contributed by atoms with Crippen LogP contribution in [0.25, 0.3) is 0 Å². The van der Waals surface area contributed by atoms with Crippen LogP contribution in [0, 0.1) is 5.92 Å². The second-order valence-electron chi connectivity index (χ2n) is 5.55. The lowest BCUT2D eigenvalue weighted by Gasteiger charge is -2.31. The van der Waals surface area contributed by atoms with Crippen molar-refractivity contribution in [2.45, 2.75) is 45.1 Å². The SMILES string of the molecule is COC(=O)CC(=O)CC(O)(CCc1ccccn1)C(C)C.